The normalized spacial score (nSPS) is 13.6. The van der Waals surface area contributed by atoms with Gasteiger partial charge in [0.1, 0.15) is 5.75 Å². The molecule has 112 valence electrons. The highest BCUT2D eigenvalue weighted by atomic mass is 32.2. The van der Waals surface area contributed by atoms with E-state index in [1.807, 2.05) is 5.32 Å². The maximum absolute atomic E-state index is 12.5. The number of para-hydroxylation sites is 1. The molecule has 0 aliphatic carbocycles. The Labute approximate surface area is 112 Å². The minimum absolute atomic E-state index is 0.172. The van der Waals surface area contributed by atoms with E-state index in [4.69, 9.17) is 4.55 Å². The Hall–Kier alpha value is -1.81. The van der Waals surface area contributed by atoms with Crippen molar-refractivity contribution in [3.8, 4) is 0 Å². The fourth-order valence-electron chi connectivity index (χ4n) is 1.18. The number of amides is 1. The van der Waals surface area contributed by atoms with Gasteiger partial charge in [-0.05, 0) is 12.1 Å². The summed E-state index contributed by atoms with van der Waals surface area (Å²) in [5.74, 6) is -1.77. The first kappa shape index (κ1) is 16.2. The van der Waals surface area contributed by atoms with Crippen LogP contribution < -0.4 is 5.32 Å². The Bertz CT molecular complexity index is 558. The van der Waals surface area contributed by atoms with E-state index in [1.54, 1.807) is 6.07 Å². The molecule has 0 saturated heterocycles. The summed E-state index contributed by atoms with van der Waals surface area (Å²) < 4.78 is 70.7. The Morgan fingerprint density at radius 1 is 1.30 bits per heavy atom. The molecule has 1 aromatic carbocycles. The molecule has 1 atom stereocenters. The van der Waals surface area contributed by atoms with Gasteiger partial charge < -0.3 is 4.74 Å². The largest absolute Gasteiger partial charge is 0.435 e. The van der Waals surface area contributed by atoms with Crippen LogP contribution in [0.2, 0.25) is 0 Å². The van der Waals surface area contributed by atoms with E-state index >= 15 is 0 Å². The first-order valence-corrected chi connectivity index (χ1v) is 6.73. The molecule has 0 fully saturated rings. The van der Waals surface area contributed by atoms with E-state index in [-0.39, 0.29) is 5.69 Å². The zero-order valence-corrected chi connectivity index (χ0v) is 10.6. The zero-order chi connectivity index (χ0) is 15.4. The molecular weight excluding hydrogens is 303 g/mol. The molecule has 6 nitrogen and oxygen atoms in total. The van der Waals surface area contributed by atoms with Crippen LogP contribution in [-0.2, 0) is 14.9 Å². The number of hydrogen-bond acceptors (Lipinski definition) is 4. The Morgan fingerprint density at radius 2 is 1.85 bits per heavy atom. The lowest BCUT2D eigenvalue weighted by molar-refractivity contribution is -0.195. The maximum atomic E-state index is 12.5. The highest BCUT2D eigenvalue weighted by Crippen LogP contribution is 2.24. The first-order chi connectivity index (χ1) is 9.08. The third kappa shape index (κ3) is 5.89. The van der Waals surface area contributed by atoms with Gasteiger partial charge in [-0.2, -0.15) is 21.6 Å². The molecule has 0 aliphatic rings. The van der Waals surface area contributed by atoms with Crippen LogP contribution >= 0.6 is 0 Å². The summed E-state index contributed by atoms with van der Waals surface area (Å²) in [7, 11) is -4.95. The monoisotopic (exact) mass is 313 g/mol. The van der Waals surface area contributed by atoms with Crippen LogP contribution in [0.1, 0.15) is 0 Å². The van der Waals surface area contributed by atoms with E-state index in [0.29, 0.717) is 0 Å². The number of halogens is 3. The fourth-order valence-corrected chi connectivity index (χ4v) is 1.82. The summed E-state index contributed by atoms with van der Waals surface area (Å²) in [6.45, 7) is 0. The topological polar surface area (TPSA) is 92.7 Å². The average Bonchev–Trinajstić information content (AvgIpc) is 2.26. The van der Waals surface area contributed by atoms with Gasteiger partial charge >= 0.3 is 12.3 Å². The van der Waals surface area contributed by atoms with Gasteiger partial charge in [0.15, 0.2) is 0 Å². The SMILES string of the molecule is O=C(Nc1ccccc1)OC(CS(=O)(=O)O)C(F)(F)F. The van der Waals surface area contributed by atoms with Crippen molar-refractivity contribution in [3.05, 3.63) is 30.3 Å². The average molecular weight is 313 g/mol. The minimum Gasteiger partial charge on any atom is -0.435 e. The molecule has 0 saturated carbocycles. The third-order valence-electron chi connectivity index (χ3n) is 2.00. The first-order valence-electron chi connectivity index (χ1n) is 5.12. The highest BCUT2D eigenvalue weighted by Gasteiger charge is 2.45. The van der Waals surface area contributed by atoms with Gasteiger partial charge in [0.2, 0.25) is 6.10 Å². The number of rotatable bonds is 4. The molecule has 2 N–H and O–H groups in total. The molecule has 1 amide bonds. The summed E-state index contributed by atoms with van der Waals surface area (Å²) in [6.07, 6.45) is -9.56. The highest BCUT2D eigenvalue weighted by molar-refractivity contribution is 7.85. The van der Waals surface area contributed by atoms with E-state index in [9.17, 15) is 26.4 Å². The van der Waals surface area contributed by atoms with Crippen LogP contribution in [0, 0.1) is 0 Å². The fraction of sp³-hybridized carbons (Fsp3) is 0.300. The van der Waals surface area contributed by atoms with Crippen LogP contribution in [-0.4, -0.2) is 37.1 Å². The second-order valence-electron chi connectivity index (χ2n) is 3.68. The lowest BCUT2D eigenvalue weighted by Crippen LogP contribution is -2.40. The summed E-state index contributed by atoms with van der Waals surface area (Å²) >= 11 is 0. The number of carbonyl (C=O) groups is 1. The van der Waals surface area contributed by atoms with Gasteiger partial charge in [-0.25, -0.2) is 4.79 Å². The molecule has 10 heteroatoms. The number of ether oxygens (including phenoxy) is 1. The van der Waals surface area contributed by atoms with Crippen molar-refractivity contribution in [2.45, 2.75) is 12.3 Å². The molecule has 0 radical (unpaired) electrons. The molecule has 1 rings (SSSR count). The van der Waals surface area contributed by atoms with Crippen LogP contribution in [0.3, 0.4) is 0 Å². The van der Waals surface area contributed by atoms with E-state index in [0.717, 1.165) is 0 Å². The molecule has 1 aromatic rings. The third-order valence-corrected chi connectivity index (χ3v) is 2.72. The summed E-state index contributed by atoms with van der Waals surface area (Å²) in [6, 6.07) is 7.46. The second-order valence-corrected chi connectivity index (χ2v) is 5.17. The number of alkyl halides is 3. The number of carbonyl (C=O) groups excluding carboxylic acids is 1. The number of hydrogen-bond donors (Lipinski definition) is 2. The van der Waals surface area contributed by atoms with Gasteiger partial charge in [-0.1, -0.05) is 18.2 Å². The second kappa shape index (κ2) is 6.09. The van der Waals surface area contributed by atoms with E-state index in [2.05, 4.69) is 4.74 Å². The number of nitrogens with one attached hydrogen (secondary N) is 1. The van der Waals surface area contributed by atoms with Gasteiger partial charge in [-0.3, -0.25) is 9.87 Å². The van der Waals surface area contributed by atoms with Crippen LogP contribution in [0.5, 0.6) is 0 Å². The quantitative estimate of drug-likeness (QED) is 0.830. The molecule has 0 aromatic heterocycles. The van der Waals surface area contributed by atoms with Gasteiger partial charge in [0.25, 0.3) is 10.1 Å². The van der Waals surface area contributed by atoms with Crippen molar-refractivity contribution in [2.75, 3.05) is 11.1 Å². The lowest BCUT2D eigenvalue weighted by atomic mass is 10.3. The van der Waals surface area contributed by atoms with Crippen molar-refractivity contribution in [3.63, 3.8) is 0 Å². The molecule has 0 bridgehead atoms. The van der Waals surface area contributed by atoms with Crippen molar-refractivity contribution >= 4 is 21.9 Å². The number of anilines is 1. The Balaban J connectivity index is 2.73. The summed E-state index contributed by atoms with van der Waals surface area (Å²) in [5.41, 5.74) is 0.172. The van der Waals surface area contributed by atoms with Gasteiger partial charge in [0.05, 0.1) is 0 Å². The van der Waals surface area contributed by atoms with E-state index in [1.165, 1.54) is 24.3 Å². The predicted molar refractivity (Wildman–Crippen MR) is 62.8 cm³/mol. The molecule has 0 aliphatic heterocycles. The van der Waals surface area contributed by atoms with Crippen molar-refractivity contribution in [2.24, 2.45) is 0 Å². The Morgan fingerprint density at radius 3 is 2.30 bits per heavy atom. The maximum Gasteiger partial charge on any atom is 0.426 e. The van der Waals surface area contributed by atoms with Crippen molar-refractivity contribution in [1.82, 2.24) is 0 Å². The molecule has 0 heterocycles. The van der Waals surface area contributed by atoms with Crippen LogP contribution in [0.4, 0.5) is 23.7 Å². The van der Waals surface area contributed by atoms with Crippen LogP contribution in [0.25, 0.3) is 0 Å². The van der Waals surface area contributed by atoms with Gasteiger partial charge in [-0.15, -0.1) is 0 Å². The molecule has 0 spiro atoms. The van der Waals surface area contributed by atoms with E-state index < -0.39 is 34.2 Å². The van der Waals surface area contributed by atoms with Gasteiger partial charge in [0, 0.05) is 5.69 Å². The molecular formula is C10H10F3NO5S. The summed E-state index contributed by atoms with van der Waals surface area (Å²) in [5, 5.41) is 1.99. The summed E-state index contributed by atoms with van der Waals surface area (Å²) in [4.78, 5) is 11.2. The smallest absolute Gasteiger partial charge is 0.426 e. The predicted octanol–water partition coefficient (Wildman–Crippen LogP) is 2.05. The van der Waals surface area contributed by atoms with Crippen LogP contribution in [0.15, 0.2) is 30.3 Å². The van der Waals surface area contributed by atoms with Crippen molar-refractivity contribution in [1.29, 1.82) is 0 Å². The standard InChI is InChI=1S/C10H10F3NO5S/c11-10(12,13)8(6-20(16,17)18)19-9(15)14-7-4-2-1-3-5-7/h1-5,8H,6H2,(H,14,15)(H,16,17,18). The molecule has 20 heavy (non-hydrogen) atoms. The van der Waals surface area contributed by atoms with Crippen molar-refractivity contribution < 1.29 is 35.7 Å². The lowest BCUT2D eigenvalue weighted by Gasteiger charge is -2.19. The Kier molecular flexibility index (Phi) is 4.95. The number of benzene rings is 1. The minimum atomic E-state index is -5.12. The molecule has 1 unspecified atom stereocenters. The zero-order valence-electron chi connectivity index (χ0n) is 9.79.